The predicted octanol–water partition coefficient (Wildman–Crippen LogP) is 2.18. The van der Waals surface area contributed by atoms with Gasteiger partial charge in [-0.1, -0.05) is 11.6 Å². The van der Waals surface area contributed by atoms with Gasteiger partial charge in [-0.25, -0.2) is 0 Å². The van der Waals surface area contributed by atoms with Crippen molar-refractivity contribution in [2.75, 3.05) is 13.1 Å². The summed E-state index contributed by atoms with van der Waals surface area (Å²) in [4.78, 5) is 15.2. The summed E-state index contributed by atoms with van der Waals surface area (Å²) >= 11 is 6.26. The van der Waals surface area contributed by atoms with Gasteiger partial charge in [0.1, 0.15) is 0 Å². The number of rotatable bonds is 2. The molecule has 138 valence electrons. The zero-order valence-electron chi connectivity index (χ0n) is 14.5. The van der Waals surface area contributed by atoms with Crippen molar-refractivity contribution in [3.05, 3.63) is 22.2 Å². The van der Waals surface area contributed by atoms with E-state index >= 15 is 0 Å². The molecule has 1 spiro atoms. The van der Waals surface area contributed by atoms with E-state index in [2.05, 4.69) is 4.90 Å². The number of nitrogens with zero attached hydrogens (tertiary/aromatic N) is 1. The van der Waals surface area contributed by atoms with E-state index in [9.17, 15) is 15.0 Å². The van der Waals surface area contributed by atoms with E-state index in [1.165, 1.54) is 12.8 Å². The molecule has 5 aliphatic rings. The summed E-state index contributed by atoms with van der Waals surface area (Å²) in [5, 5.41) is 22.8. The van der Waals surface area contributed by atoms with Gasteiger partial charge < -0.3 is 14.9 Å². The van der Waals surface area contributed by atoms with Crippen LogP contribution in [0.2, 0.25) is 5.02 Å². The number of aromatic hydroxyl groups is 1. The third-order valence-electron chi connectivity index (χ3n) is 7.63. The molecule has 5 nitrogen and oxygen atoms in total. The molecule has 0 amide bonds. The molecule has 1 saturated heterocycles. The highest BCUT2D eigenvalue weighted by atomic mass is 35.5. The number of halogens is 1. The van der Waals surface area contributed by atoms with Gasteiger partial charge in [-0.3, -0.25) is 9.69 Å². The van der Waals surface area contributed by atoms with Crippen LogP contribution < -0.4 is 4.74 Å². The number of hydrogen-bond acceptors (Lipinski definition) is 5. The minimum absolute atomic E-state index is 0.0184. The van der Waals surface area contributed by atoms with Gasteiger partial charge in [-0.15, -0.1) is 0 Å². The summed E-state index contributed by atoms with van der Waals surface area (Å²) in [6, 6.07) is 1.80. The number of likely N-dealkylation sites (tertiary alicyclic amines) is 1. The second-order valence-corrected chi connectivity index (χ2v) is 9.25. The predicted molar refractivity (Wildman–Crippen MR) is 94.8 cm³/mol. The number of piperidine rings is 1. The molecule has 4 atom stereocenters. The second-order valence-electron chi connectivity index (χ2n) is 8.84. The zero-order valence-corrected chi connectivity index (χ0v) is 15.3. The maximum absolute atomic E-state index is 12.8. The Morgan fingerprint density at radius 1 is 1.35 bits per heavy atom. The Labute approximate surface area is 156 Å². The number of phenols is 1. The van der Waals surface area contributed by atoms with Crippen molar-refractivity contribution in [1.29, 1.82) is 0 Å². The van der Waals surface area contributed by atoms with E-state index in [4.69, 9.17) is 16.3 Å². The lowest BCUT2D eigenvalue weighted by Crippen LogP contribution is -2.76. The van der Waals surface area contributed by atoms with Crippen molar-refractivity contribution in [3.8, 4) is 11.5 Å². The van der Waals surface area contributed by atoms with E-state index in [-0.39, 0.29) is 22.6 Å². The highest BCUT2D eigenvalue weighted by Crippen LogP contribution is 2.65. The molecule has 6 heteroatoms. The quantitative estimate of drug-likeness (QED) is 0.829. The van der Waals surface area contributed by atoms with Crippen LogP contribution in [-0.4, -0.2) is 51.7 Å². The smallest absolute Gasteiger partial charge is 0.177 e. The van der Waals surface area contributed by atoms with Crippen LogP contribution in [0.3, 0.4) is 0 Å². The van der Waals surface area contributed by atoms with Gasteiger partial charge >= 0.3 is 0 Å². The summed E-state index contributed by atoms with van der Waals surface area (Å²) in [6.07, 6.45) is 4.02. The molecular formula is C20H22ClNO4. The maximum atomic E-state index is 12.8. The minimum atomic E-state index is -0.989. The largest absolute Gasteiger partial charge is 0.503 e. The molecule has 1 aromatic carbocycles. The summed E-state index contributed by atoms with van der Waals surface area (Å²) in [5.74, 6) is 1.01. The lowest BCUT2D eigenvalue weighted by Gasteiger charge is -2.62. The number of carbonyl (C=O) groups is 1. The van der Waals surface area contributed by atoms with Crippen molar-refractivity contribution in [3.63, 3.8) is 0 Å². The fraction of sp³-hybridized carbons (Fsp3) is 0.650. The van der Waals surface area contributed by atoms with E-state index < -0.39 is 17.1 Å². The summed E-state index contributed by atoms with van der Waals surface area (Å²) in [7, 11) is 0. The monoisotopic (exact) mass is 375 g/mol. The topological polar surface area (TPSA) is 70.0 Å². The molecule has 3 fully saturated rings. The number of carbonyl (C=O) groups excluding carboxylic acids is 1. The van der Waals surface area contributed by atoms with Gasteiger partial charge in [0.2, 0.25) is 0 Å². The molecule has 6 rings (SSSR count). The molecule has 2 N–H and O–H groups in total. The average molecular weight is 376 g/mol. The standard InChI is InChI=1S/C20H22ClNO4/c21-12-7-11-8-14-20(25)4-3-13(23)18-19(20,15(11)17(26-18)16(12)24)5-6-22(14)9-10-1-2-10/h7,10,14,18,24-25H,1-6,8-9H2/t14-,18+,19+,20-/m1/s1. The Kier molecular flexibility index (Phi) is 2.87. The number of phenolic OH excluding ortho intramolecular Hbond substituents is 1. The SMILES string of the molecule is O=C1CC[C@@]2(O)[C@H]3Cc4cc(Cl)c(O)c5c4[C@@]2(CCN3CC2CC2)[C@H]1O5. The third-order valence-corrected chi connectivity index (χ3v) is 7.91. The molecular weight excluding hydrogens is 354 g/mol. The van der Waals surface area contributed by atoms with Gasteiger partial charge in [-0.05, 0) is 56.2 Å². The van der Waals surface area contributed by atoms with E-state index in [0.29, 0.717) is 31.4 Å². The fourth-order valence-electron chi connectivity index (χ4n) is 6.30. The van der Waals surface area contributed by atoms with Crippen LogP contribution in [-0.2, 0) is 16.6 Å². The van der Waals surface area contributed by atoms with E-state index in [1.54, 1.807) is 0 Å². The third kappa shape index (κ3) is 1.64. The van der Waals surface area contributed by atoms with Crippen molar-refractivity contribution < 1.29 is 19.7 Å². The van der Waals surface area contributed by atoms with E-state index in [1.807, 2.05) is 6.07 Å². The number of benzene rings is 1. The number of aliphatic hydroxyl groups is 1. The Hall–Kier alpha value is -1.30. The Bertz CT molecular complexity index is 853. The average Bonchev–Trinajstić information content (AvgIpc) is 3.34. The van der Waals surface area contributed by atoms with Crippen LogP contribution in [0.1, 0.15) is 43.2 Å². The molecule has 26 heavy (non-hydrogen) atoms. The van der Waals surface area contributed by atoms with Gasteiger partial charge in [0, 0.05) is 24.6 Å². The molecule has 1 aromatic rings. The highest BCUT2D eigenvalue weighted by Gasteiger charge is 2.73. The first kappa shape index (κ1) is 15.7. The van der Waals surface area contributed by atoms with Crippen LogP contribution in [0.5, 0.6) is 11.5 Å². The molecule has 2 heterocycles. The number of hydrogen-bond donors (Lipinski definition) is 2. The molecule has 2 bridgehead atoms. The zero-order chi connectivity index (χ0) is 17.8. The van der Waals surface area contributed by atoms with Gasteiger partial charge in [0.15, 0.2) is 23.4 Å². The van der Waals surface area contributed by atoms with E-state index in [0.717, 1.165) is 30.1 Å². The van der Waals surface area contributed by atoms with Crippen LogP contribution in [0.25, 0.3) is 0 Å². The molecule has 3 aliphatic carbocycles. The first-order valence-electron chi connectivity index (χ1n) is 9.66. The van der Waals surface area contributed by atoms with Crippen LogP contribution >= 0.6 is 11.6 Å². The van der Waals surface area contributed by atoms with Crippen LogP contribution in [0.4, 0.5) is 0 Å². The molecule has 2 aliphatic heterocycles. The molecule has 0 unspecified atom stereocenters. The minimum Gasteiger partial charge on any atom is -0.503 e. The molecule has 0 radical (unpaired) electrons. The maximum Gasteiger partial charge on any atom is 0.177 e. The van der Waals surface area contributed by atoms with Gasteiger partial charge in [0.25, 0.3) is 0 Å². The Balaban J connectivity index is 1.59. The van der Waals surface area contributed by atoms with Crippen LogP contribution in [0.15, 0.2) is 6.07 Å². The summed E-state index contributed by atoms with van der Waals surface area (Å²) < 4.78 is 6.03. The summed E-state index contributed by atoms with van der Waals surface area (Å²) in [5.41, 5.74) is 0.146. The Morgan fingerprint density at radius 2 is 2.15 bits per heavy atom. The van der Waals surface area contributed by atoms with Gasteiger partial charge in [-0.2, -0.15) is 0 Å². The Morgan fingerprint density at radius 3 is 2.92 bits per heavy atom. The summed E-state index contributed by atoms with van der Waals surface area (Å²) in [6.45, 7) is 1.88. The highest BCUT2D eigenvalue weighted by molar-refractivity contribution is 6.32. The molecule has 0 aromatic heterocycles. The lowest BCUT2D eigenvalue weighted by molar-refractivity contribution is -0.188. The first-order chi connectivity index (χ1) is 12.5. The number of ketones is 1. The van der Waals surface area contributed by atoms with Gasteiger partial charge in [0.05, 0.1) is 16.0 Å². The van der Waals surface area contributed by atoms with Crippen molar-refractivity contribution in [1.82, 2.24) is 4.90 Å². The lowest BCUT2D eigenvalue weighted by atomic mass is 9.49. The first-order valence-corrected chi connectivity index (χ1v) is 10.0. The normalized spacial score (nSPS) is 40.3. The number of ether oxygens (including phenoxy) is 1. The van der Waals surface area contributed by atoms with Crippen molar-refractivity contribution >= 4 is 17.4 Å². The van der Waals surface area contributed by atoms with Crippen molar-refractivity contribution in [2.45, 2.75) is 61.7 Å². The van der Waals surface area contributed by atoms with Crippen LogP contribution in [0, 0.1) is 5.92 Å². The second kappa shape index (κ2) is 4.75. The van der Waals surface area contributed by atoms with Crippen molar-refractivity contribution in [2.24, 2.45) is 5.92 Å². The number of Topliss-reactive ketones (excluding diaryl/α,β-unsaturated/α-hetero) is 1. The fourth-order valence-corrected chi connectivity index (χ4v) is 6.52. The molecule has 2 saturated carbocycles.